The van der Waals surface area contributed by atoms with Crippen LogP contribution in [0.1, 0.15) is 46.1 Å². The van der Waals surface area contributed by atoms with Gasteiger partial charge < -0.3 is 14.0 Å². The van der Waals surface area contributed by atoms with E-state index in [-0.39, 0.29) is 10.5 Å². The van der Waals surface area contributed by atoms with Gasteiger partial charge >= 0.3 is 0 Å². The maximum absolute atomic E-state index is 12.2. The molecule has 1 aliphatic carbocycles. The average Bonchev–Trinajstić information content (AvgIpc) is 3.15. The molecule has 1 fully saturated rings. The molecule has 194 valence electrons. The first kappa shape index (κ1) is 27.2. The topological polar surface area (TPSA) is 35.5 Å². The van der Waals surface area contributed by atoms with Crippen molar-refractivity contribution in [2.75, 3.05) is 13.2 Å². The quantitative estimate of drug-likeness (QED) is 0.181. The zero-order valence-electron chi connectivity index (χ0n) is 22.7. The minimum absolute atomic E-state index is 0.120. The van der Waals surface area contributed by atoms with Gasteiger partial charge in [0.15, 0.2) is 0 Å². The second-order valence-corrected chi connectivity index (χ2v) is 16.2. The van der Waals surface area contributed by atoms with Gasteiger partial charge in [0, 0.05) is 17.4 Å². The van der Waals surface area contributed by atoms with Crippen LogP contribution in [0, 0.1) is 10.8 Å². The van der Waals surface area contributed by atoms with Gasteiger partial charge in [-0.1, -0.05) is 124 Å². The van der Waals surface area contributed by atoms with Crippen LogP contribution in [-0.2, 0) is 20.6 Å². The summed E-state index contributed by atoms with van der Waals surface area (Å²) in [6.07, 6.45) is 2.46. The van der Waals surface area contributed by atoms with E-state index in [1.54, 1.807) is 0 Å². The Hall–Kier alpha value is -2.79. The molecule has 0 N–H and O–H groups in total. The monoisotopic (exact) mass is 512 g/mol. The average molecular weight is 513 g/mol. The number of carbonyl (C=O) groups excluding carboxylic acids is 1. The van der Waals surface area contributed by atoms with Crippen LogP contribution in [0.5, 0.6) is 0 Å². The highest BCUT2D eigenvalue weighted by molar-refractivity contribution is 6.99. The van der Waals surface area contributed by atoms with Gasteiger partial charge in [-0.25, -0.2) is 0 Å². The number of allylic oxidation sites excluding steroid dienone is 1. The molecule has 3 aromatic rings. The van der Waals surface area contributed by atoms with Crippen molar-refractivity contribution in [2.45, 2.75) is 52.2 Å². The molecular formula is C33H40O3Si. The normalized spacial score (nSPS) is 22.2. The van der Waals surface area contributed by atoms with Gasteiger partial charge in [-0.3, -0.25) is 0 Å². The molecule has 0 radical (unpaired) electrons. The molecule has 0 bridgehead atoms. The Balaban J connectivity index is 1.70. The van der Waals surface area contributed by atoms with Crippen LogP contribution in [0.15, 0.2) is 103 Å². The van der Waals surface area contributed by atoms with Gasteiger partial charge in [0.25, 0.3) is 8.32 Å². The Kier molecular flexibility index (Phi) is 8.03. The summed E-state index contributed by atoms with van der Waals surface area (Å²) in [5.74, 6) is 0. The third kappa shape index (κ3) is 5.57. The van der Waals surface area contributed by atoms with Crippen LogP contribution in [0.4, 0.5) is 0 Å². The lowest BCUT2D eigenvalue weighted by Crippen LogP contribution is -2.67. The third-order valence-electron chi connectivity index (χ3n) is 7.93. The highest BCUT2D eigenvalue weighted by Gasteiger charge is 2.54. The smallest absolute Gasteiger partial charge is 0.261 e. The van der Waals surface area contributed by atoms with E-state index in [1.165, 1.54) is 10.4 Å². The minimum Gasteiger partial charge on any atom is -0.407 e. The first-order valence-corrected chi connectivity index (χ1v) is 15.1. The van der Waals surface area contributed by atoms with Crippen LogP contribution in [-0.4, -0.2) is 27.8 Å². The van der Waals surface area contributed by atoms with Crippen molar-refractivity contribution in [2.24, 2.45) is 10.8 Å². The summed E-state index contributed by atoms with van der Waals surface area (Å²) in [6.45, 7) is 14.8. The molecule has 1 aliphatic rings. The van der Waals surface area contributed by atoms with E-state index in [4.69, 9.17) is 9.16 Å². The van der Waals surface area contributed by atoms with Gasteiger partial charge in [-0.2, -0.15) is 0 Å². The fourth-order valence-corrected chi connectivity index (χ4v) is 10.7. The van der Waals surface area contributed by atoms with Crippen molar-refractivity contribution in [3.63, 3.8) is 0 Å². The van der Waals surface area contributed by atoms with Crippen molar-refractivity contribution >= 4 is 25.0 Å². The molecule has 0 amide bonds. The molecule has 0 aliphatic heterocycles. The lowest BCUT2D eigenvalue weighted by Gasteiger charge is -2.45. The fraction of sp³-hybridized carbons (Fsp3) is 0.364. The van der Waals surface area contributed by atoms with E-state index in [0.29, 0.717) is 26.2 Å². The molecule has 4 rings (SSSR count). The summed E-state index contributed by atoms with van der Waals surface area (Å²) in [5.41, 5.74) is 1.22. The lowest BCUT2D eigenvalue weighted by molar-refractivity contribution is -0.114. The van der Waals surface area contributed by atoms with Crippen molar-refractivity contribution in [1.29, 1.82) is 0 Å². The van der Waals surface area contributed by atoms with Crippen LogP contribution in [0.3, 0.4) is 0 Å². The number of aldehydes is 1. The summed E-state index contributed by atoms with van der Waals surface area (Å²) in [6, 6.07) is 31.6. The van der Waals surface area contributed by atoms with Gasteiger partial charge in [0.2, 0.25) is 0 Å². The van der Waals surface area contributed by atoms with E-state index >= 15 is 0 Å². The van der Waals surface area contributed by atoms with Crippen molar-refractivity contribution < 1.29 is 14.0 Å². The number of benzene rings is 3. The summed E-state index contributed by atoms with van der Waals surface area (Å²) in [5, 5.41) is 2.39. The highest BCUT2D eigenvalue weighted by atomic mass is 28.4. The van der Waals surface area contributed by atoms with Crippen molar-refractivity contribution in [1.82, 2.24) is 0 Å². The zero-order chi connectivity index (χ0) is 26.6. The first-order valence-electron chi connectivity index (χ1n) is 13.2. The Morgan fingerprint density at radius 3 is 1.84 bits per heavy atom. The van der Waals surface area contributed by atoms with Gasteiger partial charge in [0.1, 0.15) is 6.29 Å². The second-order valence-electron chi connectivity index (χ2n) is 11.9. The maximum Gasteiger partial charge on any atom is 0.261 e. The van der Waals surface area contributed by atoms with Gasteiger partial charge in [-0.05, 0) is 40.7 Å². The summed E-state index contributed by atoms with van der Waals surface area (Å²) >= 11 is 0. The summed E-state index contributed by atoms with van der Waals surface area (Å²) in [4.78, 5) is 12.2. The largest absolute Gasteiger partial charge is 0.407 e. The second kappa shape index (κ2) is 10.9. The van der Waals surface area contributed by atoms with Crippen LogP contribution < -0.4 is 10.4 Å². The Morgan fingerprint density at radius 2 is 1.38 bits per heavy atom. The number of rotatable bonds is 10. The molecule has 37 heavy (non-hydrogen) atoms. The number of ether oxygens (including phenoxy) is 1. The Bertz CT molecular complexity index is 1150. The predicted octanol–water partition coefficient (Wildman–Crippen LogP) is 6.32. The van der Waals surface area contributed by atoms with Crippen molar-refractivity contribution in [3.8, 4) is 0 Å². The SMILES string of the molecule is C=C1C[C@@](COCc2ccccc2)(CO[Si](c2ccccc2)(c2ccccc2)C(C)(C)C)C[C@@]1(C)C=O. The van der Waals surface area contributed by atoms with E-state index in [1.807, 2.05) is 25.1 Å². The Morgan fingerprint density at radius 1 is 0.865 bits per heavy atom. The van der Waals surface area contributed by atoms with E-state index in [0.717, 1.165) is 23.8 Å². The highest BCUT2D eigenvalue weighted by Crippen LogP contribution is 2.52. The van der Waals surface area contributed by atoms with Gasteiger partial charge in [-0.15, -0.1) is 0 Å². The molecule has 0 aromatic heterocycles. The number of hydrogen-bond donors (Lipinski definition) is 0. The summed E-state index contributed by atoms with van der Waals surface area (Å²) in [7, 11) is -2.72. The molecule has 1 saturated carbocycles. The van der Waals surface area contributed by atoms with Crippen molar-refractivity contribution in [3.05, 3.63) is 109 Å². The lowest BCUT2D eigenvalue weighted by atomic mass is 9.82. The molecule has 4 heteroatoms. The number of carbonyl (C=O) groups is 1. The minimum atomic E-state index is -2.72. The first-order chi connectivity index (χ1) is 17.6. The molecule has 0 unspecified atom stereocenters. The molecule has 0 saturated heterocycles. The van der Waals surface area contributed by atoms with Crippen LogP contribution >= 0.6 is 0 Å². The molecule has 3 aromatic carbocycles. The van der Waals surface area contributed by atoms with E-state index in [2.05, 4.69) is 100 Å². The zero-order valence-corrected chi connectivity index (χ0v) is 23.7. The van der Waals surface area contributed by atoms with E-state index in [9.17, 15) is 4.79 Å². The Labute approximate surface area is 223 Å². The predicted molar refractivity (Wildman–Crippen MR) is 155 cm³/mol. The van der Waals surface area contributed by atoms with Crippen LogP contribution in [0.2, 0.25) is 5.04 Å². The maximum atomic E-state index is 12.2. The molecule has 3 nitrogen and oxygen atoms in total. The fourth-order valence-electron chi connectivity index (χ4n) is 5.97. The number of hydrogen-bond acceptors (Lipinski definition) is 3. The molecular weight excluding hydrogens is 472 g/mol. The third-order valence-corrected chi connectivity index (χ3v) is 12.9. The summed E-state index contributed by atoms with van der Waals surface area (Å²) < 4.78 is 13.7. The molecule has 0 spiro atoms. The van der Waals surface area contributed by atoms with E-state index < -0.39 is 13.7 Å². The van der Waals surface area contributed by atoms with Crippen LogP contribution in [0.25, 0.3) is 0 Å². The van der Waals surface area contributed by atoms with Gasteiger partial charge in [0.05, 0.1) is 13.2 Å². The standard InChI is InChI=1S/C33H40O3Si/c1-27-21-33(23-32(27,5)24-34,25-35-22-28-15-9-6-10-16-28)26-36-37(31(2,3)4,29-17-11-7-12-18-29)30-19-13-8-14-20-30/h6-20,24H,1,21-23,25-26H2,2-5H3/t32-,33+/m0/s1. The molecule has 2 atom stereocenters. The molecule has 0 heterocycles.